The van der Waals surface area contributed by atoms with Crippen LogP contribution in [0.25, 0.3) is 0 Å². The van der Waals surface area contributed by atoms with Crippen molar-refractivity contribution in [1.82, 2.24) is 15.1 Å². The molecule has 0 amide bonds. The van der Waals surface area contributed by atoms with Crippen LogP contribution >= 0.6 is 0 Å². The van der Waals surface area contributed by atoms with Crippen LogP contribution in [0.2, 0.25) is 0 Å². The van der Waals surface area contributed by atoms with E-state index in [0.717, 1.165) is 24.1 Å². The maximum absolute atomic E-state index is 4.51. The summed E-state index contributed by atoms with van der Waals surface area (Å²) in [6, 6.07) is 2.84. The molecule has 0 saturated heterocycles. The van der Waals surface area contributed by atoms with E-state index in [4.69, 9.17) is 0 Å². The minimum Gasteiger partial charge on any atom is -0.314 e. The van der Waals surface area contributed by atoms with Crippen LogP contribution in [0.3, 0.4) is 0 Å². The van der Waals surface area contributed by atoms with E-state index in [2.05, 4.69) is 62.8 Å². The zero-order valence-corrected chi connectivity index (χ0v) is 14.7. The Morgan fingerprint density at radius 1 is 1.38 bits per heavy atom. The normalized spacial score (nSPS) is 25.5. The van der Waals surface area contributed by atoms with Crippen molar-refractivity contribution in [3.63, 3.8) is 0 Å². The molecule has 2 rings (SSSR count). The second kappa shape index (κ2) is 6.51. The van der Waals surface area contributed by atoms with Crippen LogP contribution in [-0.2, 0) is 13.5 Å². The lowest BCUT2D eigenvalue weighted by atomic mass is 9.66. The van der Waals surface area contributed by atoms with Gasteiger partial charge >= 0.3 is 0 Å². The number of hydrogen-bond donors (Lipinski definition) is 1. The molecule has 0 aliphatic heterocycles. The molecule has 1 aliphatic carbocycles. The summed E-state index contributed by atoms with van der Waals surface area (Å²) in [5.41, 5.74) is 3.02. The van der Waals surface area contributed by atoms with Crippen molar-refractivity contribution in [2.45, 2.75) is 66.3 Å². The van der Waals surface area contributed by atoms with Crippen molar-refractivity contribution >= 4 is 0 Å². The quantitative estimate of drug-likeness (QED) is 0.896. The molecule has 0 spiro atoms. The van der Waals surface area contributed by atoms with Crippen LogP contribution < -0.4 is 5.32 Å². The minimum atomic E-state index is 0.493. The zero-order chi connectivity index (χ0) is 15.6. The molecular formula is C18H33N3. The summed E-state index contributed by atoms with van der Waals surface area (Å²) in [6.07, 6.45) is 5.22. The molecule has 1 aliphatic rings. The van der Waals surface area contributed by atoms with Gasteiger partial charge in [0.2, 0.25) is 0 Å². The molecule has 1 aromatic rings. The number of hydrogen-bond acceptors (Lipinski definition) is 2. The molecule has 2 atom stereocenters. The van der Waals surface area contributed by atoms with E-state index in [0.29, 0.717) is 11.5 Å². The number of aromatic nitrogens is 2. The topological polar surface area (TPSA) is 29.9 Å². The van der Waals surface area contributed by atoms with E-state index >= 15 is 0 Å². The molecular weight excluding hydrogens is 258 g/mol. The van der Waals surface area contributed by atoms with Gasteiger partial charge in [0.25, 0.3) is 0 Å². The highest BCUT2D eigenvalue weighted by molar-refractivity contribution is 5.10. The predicted octanol–water partition coefficient (Wildman–Crippen LogP) is 3.71. The fraction of sp³-hybridized carbons (Fsp3) is 0.833. The van der Waals surface area contributed by atoms with Gasteiger partial charge in [-0.1, -0.05) is 27.7 Å². The molecule has 0 radical (unpaired) electrons. The highest BCUT2D eigenvalue weighted by Gasteiger charge is 2.35. The molecule has 2 unspecified atom stereocenters. The van der Waals surface area contributed by atoms with E-state index in [1.807, 2.05) is 0 Å². The maximum atomic E-state index is 4.51. The Bertz CT molecular complexity index is 457. The van der Waals surface area contributed by atoms with Crippen molar-refractivity contribution < 1.29 is 0 Å². The summed E-state index contributed by atoms with van der Waals surface area (Å²) in [7, 11) is 2.08. The summed E-state index contributed by atoms with van der Waals surface area (Å²) in [5, 5.41) is 8.17. The Kier molecular flexibility index (Phi) is 5.13. The van der Waals surface area contributed by atoms with Gasteiger partial charge in [-0.25, -0.2) is 0 Å². The summed E-state index contributed by atoms with van der Waals surface area (Å²) in [4.78, 5) is 0. The van der Waals surface area contributed by atoms with Gasteiger partial charge in [-0.3, -0.25) is 4.68 Å². The molecule has 1 aromatic heterocycles. The first-order valence-corrected chi connectivity index (χ1v) is 8.50. The summed E-state index contributed by atoms with van der Waals surface area (Å²) >= 11 is 0. The molecule has 0 bridgehead atoms. The maximum Gasteiger partial charge on any atom is 0.0596 e. The van der Waals surface area contributed by atoms with Gasteiger partial charge in [-0.05, 0) is 62.5 Å². The number of aryl methyl sites for hydroxylation is 2. The van der Waals surface area contributed by atoms with Crippen LogP contribution in [0, 0.1) is 24.2 Å². The Hall–Kier alpha value is -0.830. The first-order chi connectivity index (χ1) is 9.77. The van der Waals surface area contributed by atoms with Crippen LogP contribution in [0.4, 0.5) is 0 Å². The summed E-state index contributed by atoms with van der Waals surface area (Å²) in [5.74, 6) is 1.57. The van der Waals surface area contributed by atoms with Gasteiger partial charge in [0.15, 0.2) is 0 Å². The molecule has 3 heteroatoms. The largest absolute Gasteiger partial charge is 0.314 e. The van der Waals surface area contributed by atoms with Crippen LogP contribution in [0.5, 0.6) is 0 Å². The standard InChI is InChI=1S/C18H33N3/c1-13(2)19-12-15-7-8-18(4,5)11-16(15)10-17-9-14(3)20-21(17)6/h9,13,15-16,19H,7-8,10-12H2,1-6H3. The lowest BCUT2D eigenvalue weighted by Gasteiger charge is -2.41. The summed E-state index contributed by atoms with van der Waals surface area (Å²) < 4.78 is 2.07. The molecule has 120 valence electrons. The summed E-state index contributed by atoms with van der Waals surface area (Å²) in [6.45, 7) is 12.6. The molecule has 21 heavy (non-hydrogen) atoms. The molecule has 1 heterocycles. The van der Waals surface area contributed by atoms with E-state index in [9.17, 15) is 0 Å². The SMILES string of the molecule is Cc1cc(CC2CC(C)(C)CCC2CNC(C)C)n(C)n1. The second-order valence-electron chi connectivity index (χ2n) is 8.09. The lowest BCUT2D eigenvalue weighted by Crippen LogP contribution is -2.39. The number of rotatable bonds is 5. The van der Waals surface area contributed by atoms with Gasteiger partial charge in [-0.15, -0.1) is 0 Å². The third-order valence-electron chi connectivity index (χ3n) is 5.03. The third kappa shape index (κ3) is 4.57. The average Bonchev–Trinajstić information content (AvgIpc) is 2.66. The predicted molar refractivity (Wildman–Crippen MR) is 89.4 cm³/mol. The van der Waals surface area contributed by atoms with Crippen molar-refractivity contribution in [2.24, 2.45) is 24.3 Å². The van der Waals surface area contributed by atoms with Crippen molar-refractivity contribution in [2.75, 3.05) is 6.54 Å². The average molecular weight is 291 g/mol. The van der Waals surface area contributed by atoms with E-state index < -0.39 is 0 Å². The highest BCUT2D eigenvalue weighted by Crippen LogP contribution is 2.43. The van der Waals surface area contributed by atoms with Gasteiger partial charge in [-0.2, -0.15) is 5.10 Å². The fourth-order valence-electron chi connectivity index (χ4n) is 3.81. The first kappa shape index (κ1) is 16.5. The van der Waals surface area contributed by atoms with Gasteiger partial charge in [0.1, 0.15) is 0 Å². The third-order valence-corrected chi connectivity index (χ3v) is 5.03. The smallest absolute Gasteiger partial charge is 0.0596 e. The number of nitrogens with zero attached hydrogens (tertiary/aromatic N) is 2. The molecule has 3 nitrogen and oxygen atoms in total. The van der Waals surface area contributed by atoms with Gasteiger partial charge in [0.05, 0.1) is 5.69 Å². The van der Waals surface area contributed by atoms with E-state index in [1.165, 1.54) is 31.4 Å². The second-order valence-corrected chi connectivity index (χ2v) is 8.09. The Labute approximate surface area is 130 Å². The monoisotopic (exact) mass is 291 g/mol. The molecule has 1 N–H and O–H groups in total. The van der Waals surface area contributed by atoms with Crippen molar-refractivity contribution in [1.29, 1.82) is 0 Å². The van der Waals surface area contributed by atoms with Crippen LogP contribution in [0.15, 0.2) is 6.07 Å². The van der Waals surface area contributed by atoms with Crippen molar-refractivity contribution in [3.8, 4) is 0 Å². The first-order valence-electron chi connectivity index (χ1n) is 8.50. The zero-order valence-electron chi connectivity index (χ0n) is 14.7. The van der Waals surface area contributed by atoms with Crippen LogP contribution in [0.1, 0.15) is 58.3 Å². The van der Waals surface area contributed by atoms with E-state index in [1.54, 1.807) is 0 Å². The van der Waals surface area contributed by atoms with Gasteiger partial charge < -0.3 is 5.32 Å². The number of nitrogens with one attached hydrogen (secondary N) is 1. The Balaban J connectivity index is 2.07. The Morgan fingerprint density at radius 3 is 2.67 bits per heavy atom. The minimum absolute atomic E-state index is 0.493. The van der Waals surface area contributed by atoms with E-state index in [-0.39, 0.29) is 0 Å². The Morgan fingerprint density at radius 2 is 2.10 bits per heavy atom. The van der Waals surface area contributed by atoms with Gasteiger partial charge in [0, 0.05) is 18.8 Å². The highest BCUT2D eigenvalue weighted by atomic mass is 15.3. The fourth-order valence-corrected chi connectivity index (χ4v) is 3.81. The molecule has 0 aromatic carbocycles. The molecule has 1 saturated carbocycles. The lowest BCUT2D eigenvalue weighted by molar-refractivity contribution is 0.113. The molecule has 1 fully saturated rings. The van der Waals surface area contributed by atoms with Crippen LogP contribution in [-0.4, -0.2) is 22.4 Å². The van der Waals surface area contributed by atoms with Crippen molar-refractivity contribution in [3.05, 3.63) is 17.5 Å².